The third kappa shape index (κ3) is 2.66. The summed E-state index contributed by atoms with van der Waals surface area (Å²) in [6, 6.07) is 15.0. The summed E-state index contributed by atoms with van der Waals surface area (Å²) in [7, 11) is 0. The number of hydroxylamine groups is 2. The molecule has 6 nitrogen and oxygen atoms in total. The van der Waals surface area contributed by atoms with E-state index in [1.807, 2.05) is 12.1 Å². The summed E-state index contributed by atoms with van der Waals surface area (Å²) >= 11 is 5.86. The molecule has 2 amide bonds. The minimum absolute atomic E-state index is 0.117. The number of amides is 2. The first kappa shape index (κ1) is 16.1. The van der Waals surface area contributed by atoms with Gasteiger partial charge in [-0.2, -0.15) is 0 Å². The number of nitrogens with zero attached hydrogens (tertiary/aromatic N) is 1. The van der Waals surface area contributed by atoms with Crippen molar-refractivity contribution in [2.75, 3.05) is 0 Å². The molecule has 3 aromatic rings. The van der Waals surface area contributed by atoms with E-state index in [4.69, 9.17) is 16.4 Å². The SMILES string of the molecule is O=C(ON1C(=O)c2ccccc2C1=O)c1cc(-c2ccc(Cl)cc2)c[nH]1. The van der Waals surface area contributed by atoms with E-state index < -0.39 is 17.8 Å². The van der Waals surface area contributed by atoms with Gasteiger partial charge in [0.2, 0.25) is 0 Å². The first-order chi connectivity index (χ1) is 12.5. The quantitative estimate of drug-likeness (QED) is 0.717. The van der Waals surface area contributed by atoms with E-state index in [1.54, 1.807) is 36.5 Å². The molecule has 0 spiro atoms. The standard InChI is InChI=1S/C19H11ClN2O4/c20-13-7-5-11(6-8-13)12-9-16(21-10-12)19(25)26-22-17(23)14-3-1-2-4-15(14)18(22)24/h1-10,21H. The zero-order chi connectivity index (χ0) is 18.3. The lowest BCUT2D eigenvalue weighted by atomic mass is 10.1. The number of hydrogen-bond donors (Lipinski definition) is 1. The minimum atomic E-state index is -0.834. The van der Waals surface area contributed by atoms with Crippen LogP contribution in [0.25, 0.3) is 11.1 Å². The highest BCUT2D eigenvalue weighted by molar-refractivity contribution is 6.30. The van der Waals surface area contributed by atoms with E-state index in [2.05, 4.69) is 4.98 Å². The van der Waals surface area contributed by atoms with E-state index in [1.165, 1.54) is 12.1 Å². The number of fused-ring (bicyclic) bond motifs is 1. The Morgan fingerprint density at radius 1 is 0.923 bits per heavy atom. The molecule has 0 fully saturated rings. The van der Waals surface area contributed by atoms with Crippen molar-refractivity contribution in [1.82, 2.24) is 10.0 Å². The number of aromatic nitrogens is 1. The Bertz CT molecular complexity index is 1000. The third-order valence-corrected chi connectivity index (χ3v) is 4.26. The van der Waals surface area contributed by atoms with Gasteiger partial charge in [0.15, 0.2) is 0 Å². The predicted octanol–water partition coefficient (Wildman–Crippen LogP) is 3.70. The molecule has 0 bridgehead atoms. The second-order valence-electron chi connectivity index (χ2n) is 5.64. The average Bonchev–Trinajstić information content (AvgIpc) is 3.23. The smallest absolute Gasteiger partial charge is 0.355 e. The first-order valence-corrected chi connectivity index (χ1v) is 8.07. The third-order valence-electron chi connectivity index (χ3n) is 4.01. The first-order valence-electron chi connectivity index (χ1n) is 7.69. The lowest BCUT2D eigenvalue weighted by Crippen LogP contribution is -2.32. The van der Waals surface area contributed by atoms with Gasteiger partial charge in [-0.25, -0.2) is 4.79 Å². The molecule has 0 aliphatic carbocycles. The van der Waals surface area contributed by atoms with Crippen molar-refractivity contribution in [2.45, 2.75) is 0 Å². The van der Waals surface area contributed by atoms with E-state index in [9.17, 15) is 14.4 Å². The zero-order valence-corrected chi connectivity index (χ0v) is 14.0. The van der Waals surface area contributed by atoms with Crippen molar-refractivity contribution < 1.29 is 19.2 Å². The second kappa shape index (κ2) is 6.16. The van der Waals surface area contributed by atoms with Crippen LogP contribution in [0.5, 0.6) is 0 Å². The van der Waals surface area contributed by atoms with Crippen LogP contribution in [0.4, 0.5) is 0 Å². The fraction of sp³-hybridized carbons (Fsp3) is 0. The Labute approximate surface area is 152 Å². The zero-order valence-electron chi connectivity index (χ0n) is 13.2. The number of nitrogens with one attached hydrogen (secondary N) is 1. The van der Waals surface area contributed by atoms with Crippen molar-refractivity contribution >= 4 is 29.4 Å². The Balaban J connectivity index is 1.54. The van der Waals surface area contributed by atoms with Crippen LogP contribution in [0, 0.1) is 0 Å². The van der Waals surface area contributed by atoms with Crippen LogP contribution in [-0.4, -0.2) is 27.8 Å². The molecule has 2 aromatic carbocycles. The van der Waals surface area contributed by atoms with E-state index in [0.29, 0.717) is 10.1 Å². The average molecular weight is 367 g/mol. The molecule has 1 aliphatic heterocycles. The fourth-order valence-electron chi connectivity index (χ4n) is 2.70. The Morgan fingerprint density at radius 2 is 1.54 bits per heavy atom. The van der Waals surface area contributed by atoms with Crippen LogP contribution < -0.4 is 0 Å². The summed E-state index contributed by atoms with van der Waals surface area (Å²) in [5.74, 6) is -2.16. The van der Waals surface area contributed by atoms with Gasteiger partial charge in [-0.3, -0.25) is 9.59 Å². The normalized spacial score (nSPS) is 13.0. The van der Waals surface area contributed by atoms with Crippen LogP contribution in [-0.2, 0) is 4.84 Å². The molecule has 4 rings (SSSR count). The number of carbonyl (C=O) groups is 3. The van der Waals surface area contributed by atoms with Gasteiger partial charge in [-0.15, -0.1) is 0 Å². The summed E-state index contributed by atoms with van der Waals surface area (Å²) in [6.07, 6.45) is 1.63. The molecule has 0 radical (unpaired) electrons. The number of aromatic amines is 1. The highest BCUT2D eigenvalue weighted by atomic mass is 35.5. The Morgan fingerprint density at radius 3 is 2.15 bits per heavy atom. The number of hydrogen-bond acceptors (Lipinski definition) is 4. The largest absolute Gasteiger partial charge is 0.379 e. The van der Waals surface area contributed by atoms with Gasteiger partial charge < -0.3 is 9.82 Å². The lowest BCUT2D eigenvalue weighted by Gasteiger charge is -2.11. The van der Waals surface area contributed by atoms with Gasteiger partial charge in [0.1, 0.15) is 5.69 Å². The maximum Gasteiger partial charge on any atom is 0.379 e. The molecule has 1 aliphatic rings. The summed E-state index contributed by atoms with van der Waals surface area (Å²) in [5.41, 5.74) is 2.13. The molecular weight excluding hydrogens is 356 g/mol. The monoisotopic (exact) mass is 366 g/mol. The molecular formula is C19H11ClN2O4. The topological polar surface area (TPSA) is 79.5 Å². The number of carbonyl (C=O) groups excluding carboxylic acids is 3. The van der Waals surface area contributed by atoms with Crippen molar-refractivity contribution in [3.63, 3.8) is 0 Å². The van der Waals surface area contributed by atoms with E-state index in [-0.39, 0.29) is 16.8 Å². The molecule has 7 heteroatoms. The van der Waals surface area contributed by atoms with Gasteiger partial charge in [-0.1, -0.05) is 40.9 Å². The Hall–Kier alpha value is -3.38. The molecule has 1 N–H and O–H groups in total. The minimum Gasteiger partial charge on any atom is -0.355 e. The number of H-pyrrole nitrogens is 1. The van der Waals surface area contributed by atoms with Crippen molar-refractivity contribution in [3.05, 3.63) is 82.6 Å². The van der Waals surface area contributed by atoms with Gasteiger partial charge >= 0.3 is 5.97 Å². The molecule has 2 heterocycles. The molecule has 128 valence electrons. The van der Waals surface area contributed by atoms with Crippen LogP contribution in [0.1, 0.15) is 31.2 Å². The molecule has 26 heavy (non-hydrogen) atoms. The second-order valence-corrected chi connectivity index (χ2v) is 6.07. The molecule has 0 saturated carbocycles. The predicted molar refractivity (Wildman–Crippen MR) is 93.6 cm³/mol. The van der Waals surface area contributed by atoms with Crippen LogP contribution in [0.2, 0.25) is 5.02 Å². The van der Waals surface area contributed by atoms with Crippen molar-refractivity contribution in [2.24, 2.45) is 0 Å². The lowest BCUT2D eigenvalue weighted by molar-refractivity contribution is -0.0588. The summed E-state index contributed by atoms with van der Waals surface area (Å²) < 4.78 is 0. The number of halogens is 1. The van der Waals surface area contributed by atoms with Crippen molar-refractivity contribution in [1.29, 1.82) is 0 Å². The Kier molecular flexibility index (Phi) is 3.82. The summed E-state index contributed by atoms with van der Waals surface area (Å²) in [6.45, 7) is 0. The fourth-order valence-corrected chi connectivity index (χ4v) is 2.83. The van der Waals surface area contributed by atoms with Gasteiger partial charge in [0.25, 0.3) is 11.8 Å². The highest BCUT2D eigenvalue weighted by Crippen LogP contribution is 2.25. The number of benzene rings is 2. The highest BCUT2D eigenvalue weighted by Gasteiger charge is 2.38. The molecule has 0 saturated heterocycles. The maximum absolute atomic E-state index is 12.3. The summed E-state index contributed by atoms with van der Waals surface area (Å²) in [4.78, 5) is 44.6. The van der Waals surface area contributed by atoms with E-state index >= 15 is 0 Å². The van der Waals surface area contributed by atoms with Crippen LogP contribution in [0.3, 0.4) is 0 Å². The van der Waals surface area contributed by atoms with Gasteiger partial charge in [-0.05, 0) is 41.5 Å². The maximum atomic E-state index is 12.3. The van der Waals surface area contributed by atoms with E-state index in [0.717, 1.165) is 11.1 Å². The van der Waals surface area contributed by atoms with Crippen LogP contribution >= 0.6 is 11.6 Å². The number of imide groups is 1. The molecule has 1 aromatic heterocycles. The van der Waals surface area contributed by atoms with Crippen LogP contribution in [0.15, 0.2) is 60.8 Å². The van der Waals surface area contributed by atoms with Gasteiger partial charge in [0.05, 0.1) is 11.1 Å². The summed E-state index contributed by atoms with van der Waals surface area (Å²) in [5, 5.41) is 1.09. The van der Waals surface area contributed by atoms with Crippen molar-refractivity contribution in [3.8, 4) is 11.1 Å². The molecule has 0 atom stereocenters. The molecule has 0 unspecified atom stereocenters. The van der Waals surface area contributed by atoms with Gasteiger partial charge in [0, 0.05) is 11.2 Å². The number of rotatable bonds is 3.